The van der Waals surface area contributed by atoms with Gasteiger partial charge in [-0.05, 0) is 19.4 Å². The molecule has 0 unspecified atom stereocenters. The summed E-state index contributed by atoms with van der Waals surface area (Å²) in [5.74, 6) is -0.839. The summed E-state index contributed by atoms with van der Waals surface area (Å²) in [5.41, 5.74) is 2.24. The maximum absolute atomic E-state index is 12.9. The van der Waals surface area contributed by atoms with E-state index in [1.54, 1.807) is 6.20 Å². The third-order valence-corrected chi connectivity index (χ3v) is 4.94. The number of hydrogen-bond acceptors (Lipinski definition) is 4. The van der Waals surface area contributed by atoms with E-state index in [-0.39, 0.29) is 18.5 Å². The molecule has 3 rings (SSSR count). The summed E-state index contributed by atoms with van der Waals surface area (Å²) in [6, 6.07) is 9.89. The van der Waals surface area contributed by atoms with Crippen molar-refractivity contribution in [2.45, 2.75) is 25.8 Å². The normalized spacial score (nSPS) is 15.4. The van der Waals surface area contributed by atoms with E-state index < -0.39 is 5.97 Å². The van der Waals surface area contributed by atoms with Crippen LogP contribution in [0, 0.1) is 0 Å². The number of rotatable bonds is 6. The number of likely N-dealkylation sites (tertiary alicyclic amines) is 1. The van der Waals surface area contributed by atoms with Crippen LogP contribution in [0.5, 0.6) is 0 Å². The number of carboxylic acid groups (broad SMARTS) is 1. The molecule has 138 valence electrons. The molecular weight excluding hydrogens is 332 g/mol. The number of aromatic nitrogens is 2. The van der Waals surface area contributed by atoms with E-state index in [0.29, 0.717) is 25.2 Å². The van der Waals surface area contributed by atoms with Crippen LogP contribution in [-0.2, 0) is 4.79 Å². The standard InChI is InChI=1S/C19H24N4O3/c1-2-22(13-17(24)25)15-8-10-23(11-9-15)19(26)16-12-20-21-18(16)14-6-4-3-5-7-14/h3-7,12,15H,2,8-11,13H2,1H3,(H,20,21)(H,24,25). The molecule has 0 atom stereocenters. The van der Waals surface area contributed by atoms with Gasteiger partial charge in [-0.3, -0.25) is 19.6 Å². The first kappa shape index (κ1) is 18.1. The third kappa shape index (κ3) is 3.94. The molecule has 1 fully saturated rings. The predicted octanol–water partition coefficient (Wildman–Crippen LogP) is 2.09. The highest BCUT2D eigenvalue weighted by Gasteiger charge is 2.29. The van der Waals surface area contributed by atoms with Gasteiger partial charge in [-0.1, -0.05) is 37.3 Å². The molecule has 0 aliphatic carbocycles. The molecular formula is C19H24N4O3. The van der Waals surface area contributed by atoms with Crippen molar-refractivity contribution in [3.05, 3.63) is 42.1 Å². The molecule has 26 heavy (non-hydrogen) atoms. The molecule has 1 aromatic heterocycles. The fourth-order valence-electron chi connectivity index (χ4n) is 3.55. The Morgan fingerprint density at radius 3 is 2.58 bits per heavy atom. The van der Waals surface area contributed by atoms with Crippen LogP contribution in [0.25, 0.3) is 11.3 Å². The summed E-state index contributed by atoms with van der Waals surface area (Å²) in [6.45, 7) is 3.97. The Morgan fingerprint density at radius 1 is 1.27 bits per heavy atom. The number of likely N-dealkylation sites (N-methyl/N-ethyl adjacent to an activating group) is 1. The van der Waals surface area contributed by atoms with Crippen molar-refractivity contribution in [1.82, 2.24) is 20.0 Å². The van der Waals surface area contributed by atoms with Crippen molar-refractivity contribution in [3.63, 3.8) is 0 Å². The quantitative estimate of drug-likeness (QED) is 0.827. The molecule has 1 saturated heterocycles. The van der Waals surface area contributed by atoms with Crippen LogP contribution in [0.4, 0.5) is 0 Å². The zero-order chi connectivity index (χ0) is 18.5. The molecule has 1 aliphatic heterocycles. The lowest BCUT2D eigenvalue weighted by atomic mass is 10.0. The summed E-state index contributed by atoms with van der Waals surface area (Å²) in [5, 5.41) is 16.0. The predicted molar refractivity (Wildman–Crippen MR) is 97.8 cm³/mol. The Kier molecular flexibility index (Phi) is 5.68. The van der Waals surface area contributed by atoms with Gasteiger partial charge in [0.2, 0.25) is 0 Å². The second-order valence-electron chi connectivity index (χ2n) is 6.50. The van der Waals surface area contributed by atoms with Gasteiger partial charge < -0.3 is 10.0 Å². The summed E-state index contributed by atoms with van der Waals surface area (Å²) in [4.78, 5) is 27.7. The lowest BCUT2D eigenvalue weighted by Gasteiger charge is -2.37. The topological polar surface area (TPSA) is 89.5 Å². The van der Waals surface area contributed by atoms with Gasteiger partial charge in [0.05, 0.1) is 24.0 Å². The maximum Gasteiger partial charge on any atom is 0.317 e. The van der Waals surface area contributed by atoms with Gasteiger partial charge in [-0.25, -0.2) is 0 Å². The van der Waals surface area contributed by atoms with Crippen LogP contribution in [0.15, 0.2) is 36.5 Å². The number of benzene rings is 1. The minimum Gasteiger partial charge on any atom is -0.480 e. The summed E-state index contributed by atoms with van der Waals surface area (Å²) in [7, 11) is 0. The van der Waals surface area contributed by atoms with E-state index in [4.69, 9.17) is 5.11 Å². The number of carbonyl (C=O) groups is 2. The number of amides is 1. The van der Waals surface area contributed by atoms with E-state index in [9.17, 15) is 9.59 Å². The Balaban J connectivity index is 1.67. The molecule has 2 N–H and O–H groups in total. The van der Waals surface area contributed by atoms with Crippen molar-refractivity contribution < 1.29 is 14.7 Å². The second kappa shape index (κ2) is 8.14. The molecule has 7 nitrogen and oxygen atoms in total. The first-order valence-electron chi connectivity index (χ1n) is 8.94. The first-order chi connectivity index (χ1) is 12.6. The van der Waals surface area contributed by atoms with Gasteiger partial charge in [0.15, 0.2) is 0 Å². The van der Waals surface area contributed by atoms with Crippen molar-refractivity contribution in [2.24, 2.45) is 0 Å². The Bertz CT molecular complexity index is 751. The van der Waals surface area contributed by atoms with E-state index in [1.165, 1.54) is 0 Å². The minimum atomic E-state index is -0.809. The maximum atomic E-state index is 12.9. The molecule has 2 heterocycles. The van der Waals surface area contributed by atoms with Crippen LogP contribution in [0.1, 0.15) is 30.1 Å². The van der Waals surface area contributed by atoms with E-state index in [1.807, 2.05) is 47.1 Å². The molecule has 1 aromatic carbocycles. The number of hydrogen-bond donors (Lipinski definition) is 2. The van der Waals surface area contributed by atoms with Crippen molar-refractivity contribution in [3.8, 4) is 11.3 Å². The van der Waals surface area contributed by atoms with Crippen LogP contribution < -0.4 is 0 Å². The highest BCUT2D eigenvalue weighted by atomic mass is 16.4. The van der Waals surface area contributed by atoms with Crippen LogP contribution in [0.2, 0.25) is 0 Å². The average molecular weight is 356 g/mol. The van der Waals surface area contributed by atoms with Gasteiger partial charge >= 0.3 is 5.97 Å². The Hall–Kier alpha value is -2.67. The lowest BCUT2D eigenvalue weighted by Crippen LogP contribution is -2.48. The Labute approximate surface area is 152 Å². The number of nitrogens with one attached hydrogen (secondary N) is 1. The molecule has 7 heteroatoms. The van der Waals surface area contributed by atoms with Crippen molar-refractivity contribution in [1.29, 1.82) is 0 Å². The number of aromatic amines is 1. The summed E-state index contributed by atoms with van der Waals surface area (Å²) in [6.07, 6.45) is 3.15. The largest absolute Gasteiger partial charge is 0.480 e. The smallest absolute Gasteiger partial charge is 0.317 e. The zero-order valence-corrected chi connectivity index (χ0v) is 14.9. The molecule has 1 aliphatic rings. The number of carboxylic acids is 1. The number of carbonyl (C=O) groups excluding carboxylic acids is 1. The first-order valence-corrected chi connectivity index (χ1v) is 8.94. The van der Waals surface area contributed by atoms with Gasteiger partial charge in [0.25, 0.3) is 5.91 Å². The summed E-state index contributed by atoms with van der Waals surface area (Å²) >= 11 is 0. The molecule has 0 radical (unpaired) electrons. The van der Waals surface area contributed by atoms with E-state index in [2.05, 4.69) is 10.2 Å². The monoisotopic (exact) mass is 356 g/mol. The van der Waals surface area contributed by atoms with Gasteiger partial charge in [-0.15, -0.1) is 0 Å². The average Bonchev–Trinajstić information content (AvgIpc) is 3.16. The van der Waals surface area contributed by atoms with E-state index in [0.717, 1.165) is 24.1 Å². The van der Waals surface area contributed by atoms with Crippen LogP contribution in [-0.4, -0.2) is 69.2 Å². The molecule has 0 spiro atoms. The molecule has 0 saturated carbocycles. The fraction of sp³-hybridized carbons (Fsp3) is 0.421. The van der Waals surface area contributed by atoms with E-state index >= 15 is 0 Å². The zero-order valence-electron chi connectivity index (χ0n) is 14.9. The van der Waals surface area contributed by atoms with Gasteiger partial charge in [0, 0.05) is 24.7 Å². The lowest BCUT2D eigenvalue weighted by molar-refractivity contribution is -0.139. The van der Waals surface area contributed by atoms with Crippen LogP contribution >= 0.6 is 0 Å². The Morgan fingerprint density at radius 2 is 1.96 bits per heavy atom. The fourth-order valence-corrected chi connectivity index (χ4v) is 3.55. The SMILES string of the molecule is CCN(CC(=O)O)C1CCN(C(=O)c2cn[nH]c2-c2ccccc2)CC1. The minimum absolute atomic E-state index is 0.0302. The molecule has 1 amide bonds. The van der Waals surface area contributed by atoms with Gasteiger partial charge in [0.1, 0.15) is 0 Å². The second-order valence-corrected chi connectivity index (χ2v) is 6.50. The van der Waals surface area contributed by atoms with Crippen LogP contribution in [0.3, 0.4) is 0 Å². The highest BCUT2D eigenvalue weighted by molar-refractivity contribution is 5.99. The number of piperidine rings is 1. The highest BCUT2D eigenvalue weighted by Crippen LogP contribution is 2.24. The number of aliphatic carboxylic acids is 1. The van der Waals surface area contributed by atoms with Crippen molar-refractivity contribution >= 4 is 11.9 Å². The summed E-state index contributed by atoms with van der Waals surface area (Å²) < 4.78 is 0. The number of H-pyrrole nitrogens is 1. The number of nitrogens with zero attached hydrogens (tertiary/aromatic N) is 3. The molecule has 0 bridgehead atoms. The van der Waals surface area contributed by atoms with Gasteiger partial charge in [-0.2, -0.15) is 5.10 Å². The molecule has 2 aromatic rings. The van der Waals surface area contributed by atoms with Crippen molar-refractivity contribution in [2.75, 3.05) is 26.2 Å². The third-order valence-electron chi connectivity index (χ3n) is 4.94.